The van der Waals surface area contributed by atoms with Gasteiger partial charge in [-0.1, -0.05) is 18.2 Å². The van der Waals surface area contributed by atoms with E-state index in [0.717, 1.165) is 0 Å². The van der Waals surface area contributed by atoms with Crippen LogP contribution in [0.1, 0.15) is 11.1 Å². The number of nitrogens with zero attached hydrogens (tertiary/aromatic N) is 1. The fraction of sp³-hybridized carbons (Fsp3) is 0.0833. The molecule has 0 spiro atoms. The third-order valence-corrected chi connectivity index (χ3v) is 4.24. The van der Waals surface area contributed by atoms with Crippen molar-refractivity contribution in [1.82, 2.24) is 0 Å². The molecule has 0 radical (unpaired) electrons. The Morgan fingerprint density at radius 2 is 1.81 bits per heavy atom. The van der Waals surface area contributed by atoms with E-state index >= 15 is 0 Å². The van der Waals surface area contributed by atoms with Crippen LogP contribution in [0, 0.1) is 23.0 Å². The summed E-state index contributed by atoms with van der Waals surface area (Å²) in [5.74, 6) is -0.558. The van der Waals surface area contributed by atoms with Crippen LogP contribution in [0.25, 0.3) is 11.6 Å². The van der Waals surface area contributed by atoms with Crippen molar-refractivity contribution in [2.45, 2.75) is 0 Å². The van der Waals surface area contributed by atoms with Gasteiger partial charge in [-0.25, -0.2) is 8.78 Å². The lowest BCUT2D eigenvalue weighted by atomic mass is 10.0. The van der Waals surface area contributed by atoms with Crippen LogP contribution in [-0.4, -0.2) is 19.6 Å². The zero-order valence-electron chi connectivity index (χ0n) is 16.6. The summed E-state index contributed by atoms with van der Waals surface area (Å²) in [6.07, 6.45) is 1.60. The van der Waals surface area contributed by atoms with Gasteiger partial charge in [0, 0.05) is 5.69 Å². The predicted octanol–water partition coefficient (Wildman–Crippen LogP) is 5.06. The van der Waals surface area contributed by atoms with E-state index in [1.807, 2.05) is 0 Å². The van der Waals surface area contributed by atoms with Gasteiger partial charge in [0.2, 0.25) is 0 Å². The van der Waals surface area contributed by atoms with Crippen LogP contribution < -0.4 is 14.8 Å². The van der Waals surface area contributed by atoms with E-state index in [9.17, 15) is 18.8 Å². The maximum atomic E-state index is 13.5. The summed E-state index contributed by atoms with van der Waals surface area (Å²) in [6, 6.07) is 18.1. The van der Waals surface area contributed by atoms with E-state index in [-0.39, 0.29) is 12.2 Å². The summed E-state index contributed by atoms with van der Waals surface area (Å²) in [7, 11) is 1.45. The molecule has 3 aromatic rings. The number of methoxy groups -OCH3 is 1. The van der Waals surface area contributed by atoms with Crippen molar-refractivity contribution < 1.29 is 23.0 Å². The molecule has 0 atom stereocenters. The zero-order valence-corrected chi connectivity index (χ0v) is 16.6. The fourth-order valence-electron chi connectivity index (χ4n) is 2.77. The van der Waals surface area contributed by atoms with Crippen molar-refractivity contribution in [3.8, 4) is 17.6 Å². The normalized spacial score (nSPS) is 10.8. The van der Waals surface area contributed by atoms with Gasteiger partial charge < -0.3 is 14.8 Å². The molecule has 0 aliphatic carbocycles. The number of amides is 1. The summed E-state index contributed by atoms with van der Waals surface area (Å²) in [5.41, 5.74) is 1.83. The van der Waals surface area contributed by atoms with Crippen LogP contribution >= 0.6 is 0 Å². The Kier molecular flexibility index (Phi) is 6.97. The first-order chi connectivity index (χ1) is 15.0. The number of nitriles is 1. The summed E-state index contributed by atoms with van der Waals surface area (Å²) >= 11 is 0. The molecule has 1 amide bonds. The van der Waals surface area contributed by atoms with Crippen LogP contribution in [0.2, 0.25) is 0 Å². The molecule has 5 nitrogen and oxygen atoms in total. The molecule has 0 heterocycles. The highest BCUT2D eigenvalue weighted by atomic mass is 19.1. The Bertz CT molecular complexity index is 1150. The fourth-order valence-corrected chi connectivity index (χ4v) is 2.77. The lowest BCUT2D eigenvalue weighted by Crippen LogP contribution is -2.20. The molecular weight excluding hydrogens is 402 g/mol. The van der Waals surface area contributed by atoms with Gasteiger partial charge in [0.15, 0.2) is 18.1 Å². The number of anilines is 1. The van der Waals surface area contributed by atoms with Crippen molar-refractivity contribution in [2.24, 2.45) is 0 Å². The first-order valence-corrected chi connectivity index (χ1v) is 9.22. The summed E-state index contributed by atoms with van der Waals surface area (Å²) in [5, 5.41) is 12.0. The van der Waals surface area contributed by atoms with Gasteiger partial charge in [0.25, 0.3) is 5.91 Å². The monoisotopic (exact) mass is 420 g/mol. The Labute approximate surface area is 178 Å². The van der Waals surface area contributed by atoms with Gasteiger partial charge >= 0.3 is 0 Å². The number of halogens is 2. The molecule has 3 aromatic carbocycles. The lowest BCUT2D eigenvalue weighted by molar-refractivity contribution is -0.118. The van der Waals surface area contributed by atoms with E-state index in [1.54, 1.807) is 30.3 Å². The third kappa shape index (κ3) is 5.90. The molecule has 0 aliphatic heterocycles. The van der Waals surface area contributed by atoms with Gasteiger partial charge in [-0.3, -0.25) is 4.79 Å². The van der Waals surface area contributed by atoms with Crippen molar-refractivity contribution in [3.63, 3.8) is 0 Å². The highest BCUT2D eigenvalue weighted by Gasteiger charge is 2.10. The molecule has 0 fully saturated rings. The van der Waals surface area contributed by atoms with E-state index in [2.05, 4.69) is 11.4 Å². The first-order valence-electron chi connectivity index (χ1n) is 9.22. The van der Waals surface area contributed by atoms with Gasteiger partial charge in [0.05, 0.1) is 18.8 Å². The number of benzene rings is 3. The number of rotatable bonds is 7. The molecule has 0 saturated heterocycles. The van der Waals surface area contributed by atoms with Crippen LogP contribution in [0.5, 0.6) is 11.5 Å². The highest BCUT2D eigenvalue weighted by molar-refractivity contribution is 5.92. The summed E-state index contributed by atoms with van der Waals surface area (Å²) in [6.45, 7) is -0.282. The van der Waals surface area contributed by atoms with Crippen molar-refractivity contribution in [3.05, 3.63) is 89.5 Å². The average molecular weight is 420 g/mol. The second kappa shape index (κ2) is 10.0. The van der Waals surface area contributed by atoms with E-state index in [4.69, 9.17) is 9.47 Å². The lowest BCUT2D eigenvalue weighted by Gasteiger charge is -2.12. The molecule has 0 aliphatic rings. The Hall–Kier alpha value is -4.18. The molecule has 7 heteroatoms. The zero-order chi connectivity index (χ0) is 22.2. The topological polar surface area (TPSA) is 71.3 Å². The van der Waals surface area contributed by atoms with E-state index in [1.165, 1.54) is 49.6 Å². The second-order valence-electron chi connectivity index (χ2n) is 6.43. The number of hydrogen-bond acceptors (Lipinski definition) is 4. The van der Waals surface area contributed by atoms with E-state index in [0.29, 0.717) is 28.3 Å². The SMILES string of the molecule is COc1cc(/C=C(/C#N)c2cccc(F)c2)ccc1OCC(=O)Nc1ccc(F)cc1. The smallest absolute Gasteiger partial charge is 0.262 e. The molecule has 0 unspecified atom stereocenters. The molecular formula is C24H18F2N2O3. The number of allylic oxidation sites excluding steroid dienone is 1. The minimum absolute atomic E-state index is 0.282. The van der Waals surface area contributed by atoms with Gasteiger partial charge in [-0.2, -0.15) is 5.26 Å². The quantitative estimate of drug-likeness (QED) is 0.429. The Morgan fingerprint density at radius 1 is 1.03 bits per heavy atom. The molecule has 1 N–H and O–H groups in total. The minimum atomic E-state index is -0.432. The number of carbonyl (C=O) groups is 1. The Balaban J connectivity index is 1.71. The molecule has 0 saturated carbocycles. The maximum Gasteiger partial charge on any atom is 0.262 e. The van der Waals surface area contributed by atoms with Crippen molar-refractivity contribution >= 4 is 23.2 Å². The van der Waals surface area contributed by atoms with Crippen LogP contribution in [0.3, 0.4) is 0 Å². The average Bonchev–Trinajstić information content (AvgIpc) is 2.78. The van der Waals surface area contributed by atoms with Gasteiger partial charge in [-0.15, -0.1) is 0 Å². The van der Waals surface area contributed by atoms with Crippen LogP contribution in [0.4, 0.5) is 14.5 Å². The van der Waals surface area contributed by atoms with Crippen molar-refractivity contribution in [1.29, 1.82) is 5.26 Å². The maximum absolute atomic E-state index is 13.5. The largest absolute Gasteiger partial charge is 0.493 e. The number of ether oxygens (including phenoxy) is 2. The highest BCUT2D eigenvalue weighted by Crippen LogP contribution is 2.30. The molecule has 3 rings (SSSR count). The molecule has 31 heavy (non-hydrogen) atoms. The Morgan fingerprint density at radius 3 is 2.48 bits per heavy atom. The summed E-state index contributed by atoms with van der Waals surface area (Å²) < 4.78 is 37.2. The first kappa shape index (κ1) is 21.5. The summed E-state index contributed by atoms with van der Waals surface area (Å²) in [4.78, 5) is 12.1. The number of hydrogen-bond donors (Lipinski definition) is 1. The minimum Gasteiger partial charge on any atom is -0.493 e. The van der Waals surface area contributed by atoms with Crippen LogP contribution in [0.15, 0.2) is 66.7 Å². The second-order valence-corrected chi connectivity index (χ2v) is 6.43. The van der Waals surface area contributed by atoms with Gasteiger partial charge in [-0.05, 0) is 65.7 Å². The van der Waals surface area contributed by atoms with Crippen LogP contribution in [-0.2, 0) is 4.79 Å². The molecule has 156 valence electrons. The number of carbonyl (C=O) groups excluding carboxylic acids is 1. The standard InChI is InChI=1S/C24H18F2N2O3/c1-30-23-12-16(11-18(14-27)17-3-2-4-20(26)13-17)5-10-22(23)31-15-24(29)28-21-8-6-19(25)7-9-21/h2-13H,15H2,1H3,(H,28,29)/b18-11-. The van der Waals surface area contributed by atoms with E-state index < -0.39 is 17.5 Å². The van der Waals surface area contributed by atoms with Crippen molar-refractivity contribution in [2.75, 3.05) is 19.0 Å². The number of nitrogens with one attached hydrogen (secondary N) is 1. The third-order valence-electron chi connectivity index (χ3n) is 4.24. The predicted molar refractivity (Wildman–Crippen MR) is 113 cm³/mol. The van der Waals surface area contributed by atoms with Gasteiger partial charge in [0.1, 0.15) is 11.6 Å². The molecule has 0 aromatic heterocycles. The molecule has 0 bridgehead atoms.